The molecule has 0 spiro atoms. The van der Waals surface area contributed by atoms with Crippen LogP contribution in [0.5, 0.6) is 0 Å². The van der Waals surface area contributed by atoms with Gasteiger partial charge in [0.25, 0.3) is 6.47 Å². The maximum atomic E-state index is 13.5. The molecule has 1 aliphatic carbocycles. The number of nitrogens with zero attached hydrogens (tertiary/aromatic N) is 2. The Bertz CT molecular complexity index is 1580. The SMILES string of the molecule is CC(C)[C@H]1COCCN1C(=O)C1CCC(NS(=O)(=O)c2ccc3c(Cl)c(-c4ccc(CCCOC=O)cc4)n(C)c3c2)CC1. The second kappa shape index (κ2) is 14.0. The number of carbonyl (C=O) groups excluding carboxylic acids is 2. The van der Waals surface area contributed by atoms with E-state index in [1.165, 1.54) is 0 Å². The molecule has 44 heavy (non-hydrogen) atoms. The Morgan fingerprint density at radius 2 is 1.86 bits per heavy atom. The van der Waals surface area contributed by atoms with Crippen LogP contribution in [-0.2, 0) is 42.6 Å². The summed E-state index contributed by atoms with van der Waals surface area (Å²) < 4.78 is 42.2. The van der Waals surface area contributed by atoms with Gasteiger partial charge in [-0.2, -0.15) is 0 Å². The van der Waals surface area contributed by atoms with E-state index >= 15 is 0 Å². The van der Waals surface area contributed by atoms with Crippen molar-refractivity contribution in [3.8, 4) is 11.3 Å². The molecule has 1 saturated carbocycles. The first-order valence-electron chi connectivity index (χ1n) is 15.4. The van der Waals surface area contributed by atoms with Crippen LogP contribution >= 0.6 is 11.6 Å². The summed E-state index contributed by atoms with van der Waals surface area (Å²) in [5.74, 6) is 0.414. The van der Waals surface area contributed by atoms with E-state index < -0.39 is 10.0 Å². The molecular weight excluding hydrogens is 602 g/mol. The van der Waals surface area contributed by atoms with E-state index in [1.807, 2.05) is 40.8 Å². The fourth-order valence-corrected chi connectivity index (χ4v) is 8.24. The maximum absolute atomic E-state index is 13.5. The third-order valence-corrected chi connectivity index (χ3v) is 11.0. The minimum atomic E-state index is -3.78. The van der Waals surface area contributed by atoms with Crippen molar-refractivity contribution in [3.05, 3.63) is 53.1 Å². The molecule has 1 amide bonds. The van der Waals surface area contributed by atoms with E-state index in [4.69, 9.17) is 21.1 Å². The summed E-state index contributed by atoms with van der Waals surface area (Å²) in [6.07, 6.45) is 4.09. The predicted molar refractivity (Wildman–Crippen MR) is 171 cm³/mol. The number of halogens is 1. The first kappa shape index (κ1) is 32.5. The monoisotopic (exact) mass is 643 g/mol. The van der Waals surface area contributed by atoms with Crippen molar-refractivity contribution in [2.75, 3.05) is 26.4 Å². The number of carbonyl (C=O) groups is 2. The lowest BCUT2D eigenvalue weighted by atomic mass is 9.85. The van der Waals surface area contributed by atoms with Gasteiger partial charge in [-0.15, -0.1) is 0 Å². The number of fused-ring (bicyclic) bond motifs is 1. The number of aromatic nitrogens is 1. The summed E-state index contributed by atoms with van der Waals surface area (Å²) in [6.45, 7) is 6.83. The maximum Gasteiger partial charge on any atom is 0.293 e. The van der Waals surface area contributed by atoms with E-state index in [2.05, 4.69) is 18.6 Å². The zero-order chi connectivity index (χ0) is 31.4. The molecule has 5 rings (SSSR count). The van der Waals surface area contributed by atoms with Crippen LogP contribution in [-0.4, -0.2) is 68.7 Å². The Hall–Kier alpha value is -2.92. The summed E-state index contributed by atoms with van der Waals surface area (Å²) in [4.78, 5) is 25.9. The molecule has 238 valence electrons. The van der Waals surface area contributed by atoms with E-state index in [0.29, 0.717) is 69.5 Å². The van der Waals surface area contributed by atoms with Gasteiger partial charge in [-0.25, -0.2) is 13.1 Å². The first-order valence-corrected chi connectivity index (χ1v) is 17.3. The molecule has 2 fully saturated rings. The van der Waals surface area contributed by atoms with Crippen LogP contribution in [0.25, 0.3) is 22.2 Å². The molecule has 11 heteroatoms. The van der Waals surface area contributed by atoms with Gasteiger partial charge < -0.3 is 18.9 Å². The number of ether oxygens (including phenoxy) is 2. The highest BCUT2D eigenvalue weighted by Gasteiger charge is 2.36. The van der Waals surface area contributed by atoms with Gasteiger partial charge in [0, 0.05) is 30.9 Å². The lowest BCUT2D eigenvalue weighted by Gasteiger charge is -2.41. The molecule has 1 aromatic heterocycles. The lowest BCUT2D eigenvalue weighted by molar-refractivity contribution is -0.147. The number of benzene rings is 2. The second-order valence-electron chi connectivity index (χ2n) is 12.3. The summed E-state index contributed by atoms with van der Waals surface area (Å²) >= 11 is 6.83. The molecule has 3 aromatic rings. The van der Waals surface area contributed by atoms with Gasteiger partial charge in [0.2, 0.25) is 15.9 Å². The van der Waals surface area contributed by atoms with Gasteiger partial charge in [-0.05, 0) is 73.8 Å². The quantitative estimate of drug-likeness (QED) is 0.224. The van der Waals surface area contributed by atoms with Gasteiger partial charge in [0.05, 0.1) is 47.0 Å². The average molecular weight is 644 g/mol. The van der Waals surface area contributed by atoms with Crippen molar-refractivity contribution < 1.29 is 27.5 Å². The Balaban J connectivity index is 1.25. The van der Waals surface area contributed by atoms with Crippen LogP contribution in [0.1, 0.15) is 51.5 Å². The molecule has 1 N–H and O–H groups in total. The summed E-state index contributed by atoms with van der Waals surface area (Å²) in [6, 6.07) is 13.0. The van der Waals surface area contributed by atoms with Crippen LogP contribution in [0.4, 0.5) is 0 Å². The van der Waals surface area contributed by atoms with Crippen molar-refractivity contribution in [2.24, 2.45) is 18.9 Å². The standard InChI is InChI=1S/C33H42ClN3O6S/c1-22(2)30-20-42-18-16-37(30)33(39)25-10-12-26(13-11-25)35-44(40,41)27-14-15-28-29(19-27)36(3)32(31(28)34)24-8-6-23(7-9-24)5-4-17-43-21-38/h6-9,14-15,19,21-22,25-26,30,35H,4-5,10-13,16-18,20H2,1-3H3/t25?,26?,30-/m1/s1. The van der Waals surface area contributed by atoms with Crippen LogP contribution in [0.3, 0.4) is 0 Å². The Kier molecular flexibility index (Phi) is 10.3. The van der Waals surface area contributed by atoms with Gasteiger partial charge in [0.1, 0.15) is 0 Å². The minimum absolute atomic E-state index is 0.0825. The van der Waals surface area contributed by atoms with Crippen molar-refractivity contribution in [3.63, 3.8) is 0 Å². The number of hydrogen-bond donors (Lipinski definition) is 1. The summed E-state index contributed by atoms with van der Waals surface area (Å²) in [7, 11) is -1.90. The number of hydrogen-bond acceptors (Lipinski definition) is 6. The van der Waals surface area contributed by atoms with Crippen LogP contribution in [0.2, 0.25) is 5.02 Å². The third kappa shape index (κ3) is 6.98. The molecule has 1 atom stereocenters. The third-order valence-electron chi connectivity index (χ3n) is 9.06. The van der Waals surface area contributed by atoms with Crippen molar-refractivity contribution in [1.82, 2.24) is 14.2 Å². The molecule has 0 unspecified atom stereocenters. The van der Waals surface area contributed by atoms with E-state index in [9.17, 15) is 18.0 Å². The van der Waals surface area contributed by atoms with Gasteiger partial charge >= 0.3 is 0 Å². The van der Waals surface area contributed by atoms with Crippen molar-refractivity contribution in [2.45, 2.75) is 69.4 Å². The highest BCUT2D eigenvalue weighted by atomic mass is 35.5. The van der Waals surface area contributed by atoms with E-state index in [0.717, 1.165) is 40.6 Å². The summed E-state index contributed by atoms with van der Waals surface area (Å²) in [5.41, 5.74) is 3.58. The molecule has 2 heterocycles. The number of morpholine rings is 1. The molecule has 0 radical (unpaired) electrons. The highest BCUT2D eigenvalue weighted by Crippen LogP contribution is 2.38. The fourth-order valence-electron chi connectivity index (χ4n) is 6.52. The molecule has 2 aliphatic rings. The Morgan fingerprint density at radius 1 is 1.14 bits per heavy atom. The molecule has 2 aromatic carbocycles. The smallest absolute Gasteiger partial charge is 0.293 e. The highest BCUT2D eigenvalue weighted by molar-refractivity contribution is 7.89. The Morgan fingerprint density at radius 3 is 2.55 bits per heavy atom. The van der Waals surface area contributed by atoms with Gasteiger partial charge in [0.15, 0.2) is 0 Å². The number of aryl methyl sites for hydroxylation is 2. The van der Waals surface area contributed by atoms with Gasteiger partial charge in [-0.3, -0.25) is 9.59 Å². The number of rotatable bonds is 11. The molecule has 1 aliphatic heterocycles. The number of sulfonamides is 1. The van der Waals surface area contributed by atoms with Crippen molar-refractivity contribution >= 4 is 44.9 Å². The fraction of sp³-hybridized carbons (Fsp3) is 0.515. The first-order chi connectivity index (χ1) is 21.1. The zero-order valence-electron chi connectivity index (χ0n) is 25.6. The molecule has 0 bridgehead atoms. The summed E-state index contributed by atoms with van der Waals surface area (Å²) in [5, 5.41) is 1.34. The van der Waals surface area contributed by atoms with Crippen LogP contribution in [0.15, 0.2) is 47.4 Å². The molecular formula is C33H42ClN3O6S. The molecule has 1 saturated heterocycles. The number of amides is 1. The topological polar surface area (TPSA) is 107 Å². The largest absolute Gasteiger partial charge is 0.468 e. The van der Waals surface area contributed by atoms with Crippen LogP contribution in [0, 0.1) is 11.8 Å². The second-order valence-corrected chi connectivity index (χ2v) is 14.3. The Labute approximate surface area is 264 Å². The van der Waals surface area contributed by atoms with E-state index in [1.54, 1.807) is 18.2 Å². The minimum Gasteiger partial charge on any atom is -0.468 e. The van der Waals surface area contributed by atoms with Crippen molar-refractivity contribution in [1.29, 1.82) is 0 Å². The van der Waals surface area contributed by atoms with Gasteiger partial charge in [-0.1, -0.05) is 49.7 Å². The average Bonchev–Trinajstić information content (AvgIpc) is 3.28. The normalized spacial score (nSPS) is 21.1. The number of nitrogens with one attached hydrogen (secondary N) is 1. The molecule has 9 nitrogen and oxygen atoms in total. The van der Waals surface area contributed by atoms with E-state index in [-0.39, 0.29) is 28.8 Å². The zero-order valence-corrected chi connectivity index (χ0v) is 27.2. The van der Waals surface area contributed by atoms with Crippen LogP contribution < -0.4 is 4.72 Å². The lowest BCUT2D eigenvalue weighted by Crippen LogP contribution is -2.53. The predicted octanol–water partition coefficient (Wildman–Crippen LogP) is 5.32.